The van der Waals surface area contributed by atoms with Crippen LogP contribution in [-0.2, 0) is 20.8 Å². The van der Waals surface area contributed by atoms with Crippen molar-refractivity contribution in [2.75, 3.05) is 5.32 Å². The van der Waals surface area contributed by atoms with Gasteiger partial charge in [-0.1, -0.05) is 0 Å². The number of benzene rings is 1. The minimum Gasteiger partial charge on any atom is -0.511 e. The number of nitrogens with two attached hydrogens (primary N) is 1. The number of fused-ring (bicyclic) bond motifs is 3. The minimum atomic E-state index is -1.15. The Morgan fingerprint density at radius 2 is 1.83 bits per heavy atom. The van der Waals surface area contributed by atoms with Crippen LogP contribution in [-0.4, -0.2) is 38.7 Å². The van der Waals surface area contributed by atoms with Gasteiger partial charge in [-0.15, -0.1) is 0 Å². The third-order valence-corrected chi connectivity index (χ3v) is 6.08. The van der Waals surface area contributed by atoms with E-state index in [1.165, 1.54) is 19.1 Å². The van der Waals surface area contributed by atoms with Crippen molar-refractivity contribution in [3.8, 4) is 5.75 Å². The number of carbonyl (C=O) groups excluding carboxylic acids is 4. The lowest BCUT2D eigenvalue weighted by atomic mass is 9.62. The van der Waals surface area contributed by atoms with Crippen molar-refractivity contribution in [2.24, 2.45) is 23.5 Å². The maximum atomic E-state index is 13.2. The second kappa shape index (κ2) is 6.72. The van der Waals surface area contributed by atoms with E-state index in [0.717, 1.165) is 0 Å². The van der Waals surface area contributed by atoms with Gasteiger partial charge in [0, 0.05) is 24.6 Å². The summed E-state index contributed by atoms with van der Waals surface area (Å²) in [5, 5.41) is 34.0. The standard InChI is InChI=1S/C21H20N2O7/c1-7(24)23-11-2-3-12(25)16-10(11)5-8-4-9-6-13(26)17(21(22)30)20(29)15(9)18(27)14(8)19(16)28/h2-3,8-9,15,25-27H,4-6H2,1H3,(H2,22,30)(H,23,24). The number of nitrogens with one attached hydrogen (secondary N) is 1. The number of ketones is 2. The zero-order valence-corrected chi connectivity index (χ0v) is 16.1. The molecule has 9 nitrogen and oxygen atoms in total. The number of phenols is 1. The first kappa shape index (κ1) is 19.7. The van der Waals surface area contributed by atoms with Gasteiger partial charge < -0.3 is 26.4 Å². The lowest BCUT2D eigenvalue weighted by molar-refractivity contribution is -0.126. The number of aromatic hydroxyl groups is 1. The topological polar surface area (TPSA) is 167 Å². The summed E-state index contributed by atoms with van der Waals surface area (Å²) in [6.45, 7) is 1.32. The number of hydrogen-bond acceptors (Lipinski definition) is 7. The molecule has 0 aromatic heterocycles. The van der Waals surface area contributed by atoms with Gasteiger partial charge in [0.2, 0.25) is 5.91 Å². The van der Waals surface area contributed by atoms with Crippen LogP contribution in [0, 0.1) is 17.8 Å². The molecule has 1 aromatic rings. The Morgan fingerprint density at radius 1 is 1.13 bits per heavy atom. The van der Waals surface area contributed by atoms with E-state index in [-0.39, 0.29) is 35.6 Å². The number of amides is 2. The van der Waals surface area contributed by atoms with Gasteiger partial charge in [0.25, 0.3) is 5.91 Å². The molecular formula is C21H20N2O7. The molecule has 3 aliphatic carbocycles. The fraction of sp³-hybridized carbons (Fsp3) is 0.333. The Balaban J connectivity index is 1.84. The summed E-state index contributed by atoms with van der Waals surface area (Å²) in [6, 6.07) is 2.78. The Bertz CT molecular complexity index is 1100. The van der Waals surface area contributed by atoms with Crippen molar-refractivity contribution in [3.63, 3.8) is 0 Å². The molecule has 0 saturated heterocycles. The molecule has 6 N–H and O–H groups in total. The van der Waals surface area contributed by atoms with Gasteiger partial charge in [0.1, 0.15) is 22.8 Å². The first-order valence-corrected chi connectivity index (χ1v) is 9.48. The first-order chi connectivity index (χ1) is 14.1. The summed E-state index contributed by atoms with van der Waals surface area (Å²) in [7, 11) is 0. The van der Waals surface area contributed by atoms with E-state index >= 15 is 0 Å². The maximum Gasteiger partial charge on any atom is 0.255 e. The Morgan fingerprint density at radius 3 is 2.47 bits per heavy atom. The van der Waals surface area contributed by atoms with Gasteiger partial charge in [-0.25, -0.2) is 0 Å². The van der Waals surface area contributed by atoms with Crippen LogP contribution >= 0.6 is 0 Å². The highest BCUT2D eigenvalue weighted by Crippen LogP contribution is 2.50. The molecule has 0 fully saturated rings. The zero-order chi connectivity index (χ0) is 21.9. The molecule has 2 amide bonds. The summed E-state index contributed by atoms with van der Waals surface area (Å²) >= 11 is 0. The van der Waals surface area contributed by atoms with Gasteiger partial charge in [-0.3, -0.25) is 19.2 Å². The van der Waals surface area contributed by atoms with Crippen molar-refractivity contribution in [3.05, 3.63) is 45.9 Å². The average Bonchev–Trinajstić information content (AvgIpc) is 2.62. The van der Waals surface area contributed by atoms with Crippen LogP contribution < -0.4 is 11.1 Å². The van der Waals surface area contributed by atoms with Crippen LogP contribution in [0.3, 0.4) is 0 Å². The number of aliphatic hydroxyl groups is 2. The molecule has 0 saturated carbocycles. The molecule has 9 heteroatoms. The second-order valence-electron chi connectivity index (χ2n) is 7.92. The van der Waals surface area contributed by atoms with E-state index in [4.69, 9.17) is 5.73 Å². The number of hydrogen-bond donors (Lipinski definition) is 5. The van der Waals surface area contributed by atoms with E-state index in [1.807, 2.05) is 0 Å². The van der Waals surface area contributed by atoms with Crippen LogP contribution in [0.4, 0.5) is 5.69 Å². The van der Waals surface area contributed by atoms with Gasteiger partial charge in [-0.2, -0.15) is 0 Å². The fourth-order valence-corrected chi connectivity index (χ4v) is 4.95. The predicted octanol–water partition coefficient (Wildman–Crippen LogP) is 1.42. The zero-order valence-electron chi connectivity index (χ0n) is 16.1. The predicted molar refractivity (Wildman–Crippen MR) is 104 cm³/mol. The summed E-state index contributed by atoms with van der Waals surface area (Å²) in [5.41, 5.74) is 5.47. The van der Waals surface area contributed by atoms with E-state index in [0.29, 0.717) is 17.7 Å². The molecule has 0 aliphatic heterocycles. The van der Waals surface area contributed by atoms with E-state index < -0.39 is 52.3 Å². The molecule has 4 rings (SSSR count). The number of Topliss-reactive ketones (excluding diaryl/α,β-unsaturated/α-hetero) is 2. The number of carbonyl (C=O) groups is 4. The van der Waals surface area contributed by atoms with Gasteiger partial charge in [0.05, 0.1) is 11.5 Å². The quantitative estimate of drug-likeness (QED) is 0.362. The lowest BCUT2D eigenvalue weighted by Crippen LogP contribution is -2.43. The third-order valence-electron chi connectivity index (χ3n) is 6.08. The largest absolute Gasteiger partial charge is 0.511 e. The molecule has 3 atom stereocenters. The Hall–Kier alpha value is -3.62. The van der Waals surface area contributed by atoms with Crippen molar-refractivity contribution < 1.29 is 34.5 Å². The molecule has 0 radical (unpaired) electrons. The second-order valence-corrected chi connectivity index (χ2v) is 7.92. The van der Waals surface area contributed by atoms with Crippen molar-refractivity contribution in [1.29, 1.82) is 0 Å². The van der Waals surface area contributed by atoms with Gasteiger partial charge in [0.15, 0.2) is 11.6 Å². The molecule has 0 heterocycles. The van der Waals surface area contributed by atoms with Crippen molar-refractivity contribution in [1.82, 2.24) is 0 Å². The van der Waals surface area contributed by atoms with E-state index in [9.17, 15) is 34.5 Å². The molecule has 1 aromatic carbocycles. The summed E-state index contributed by atoms with van der Waals surface area (Å²) < 4.78 is 0. The SMILES string of the molecule is CC(=O)Nc1ccc(O)c2c1CC1CC3CC(O)=C(C(N)=O)C(=O)C3C(O)=C1C2=O. The Labute approximate surface area is 170 Å². The van der Waals surface area contributed by atoms with Crippen LogP contribution in [0.15, 0.2) is 34.8 Å². The third kappa shape index (κ3) is 2.77. The Kier molecular flexibility index (Phi) is 4.41. The van der Waals surface area contributed by atoms with Gasteiger partial charge in [-0.05, 0) is 42.4 Å². The van der Waals surface area contributed by atoms with Crippen LogP contribution in [0.2, 0.25) is 0 Å². The smallest absolute Gasteiger partial charge is 0.255 e. The van der Waals surface area contributed by atoms with Crippen molar-refractivity contribution in [2.45, 2.75) is 26.2 Å². The lowest BCUT2D eigenvalue weighted by Gasteiger charge is -2.41. The summed E-state index contributed by atoms with van der Waals surface area (Å²) in [5.74, 6) is -6.17. The van der Waals surface area contributed by atoms with Crippen molar-refractivity contribution >= 4 is 29.1 Å². The number of phenolic OH excluding ortho intramolecular Hbond substituents is 1. The number of anilines is 1. The molecule has 0 spiro atoms. The summed E-state index contributed by atoms with van der Waals surface area (Å²) in [6.07, 6.45) is 0.517. The average molecular weight is 412 g/mol. The van der Waals surface area contributed by atoms with Gasteiger partial charge >= 0.3 is 0 Å². The number of primary amides is 1. The molecule has 3 aliphatic rings. The highest BCUT2D eigenvalue weighted by molar-refractivity contribution is 6.22. The van der Waals surface area contributed by atoms with Crippen LogP contribution in [0.1, 0.15) is 35.7 Å². The minimum absolute atomic E-state index is 0.0117. The highest BCUT2D eigenvalue weighted by atomic mass is 16.3. The number of rotatable bonds is 2. The van der Waals surface area contributed by atoms with Crippen LogP contribution in [0.25, 0.3) is 0 Å². The van der Waals surface area contributed by atoms with E-state index in [1.54, 1.807) is 0 Å². The molecule has 156 valence electrons. The molecular weight excluding hydrogens is 392 g/mol. The van der Waals surface area contributed by atoms with E-state index in [2.05, 4.69) is 5.32 Å². The first-order valence-electron chi connectivity index (χ1n) is 9.48. The fourth-order valence-electron chi connectivity index (χ4n) is 4.95. The molecule has 30 heavy (non-hydrogen) atoms. The monoisotopic (exact) mass is 412 g/mol. The summed E-state index contributed by atoms with van der Waals surface area (Å²) in [4.78, 5) is 49.1. The maximum absolute atomic E-state index is 13.2. The molecule has 3 unspecified atom stereocenters. The highest BCUT2D eigenvalue weighted by Gasteiger charge is 2.50. The number of allylic oxidation sites excluding steroid dienone is 3. The number of aliphatic hydroxyl groups excluding tert-OH is 2. The molecule has 0 bridgehead atoms. The normalized spacial score (nSPS) is 25.4. The van der Waals surface area contributed by atoms with Crippen LogP contribution in [0.5, 0.6) is 5.75 Å².